The van der Waals surface area contributed by atoms with Gasteiger partial charge in [-0.1, -0.05) is 0 Å². The number of hydrogen-bond acceptors (Lipinski definition) is 5. The second kappa shape index (κ2) is 6.47. The van der Waals surface area contributed by atoms with Gasteiger partial charge in [-0.2, -0.15) is 0 Å². The van der Waals surface area contributed by atoms with Crippen molar-refractivity contribution in [3.63, 3.8) is 0 Å². The number of rotatable bonds is 4. The predicted molar refractivity (Wildman–Crippen MR) is 89.5 cm³/mol. The molecule has 6 nitrogen and oxygen atoms in total. The fourth-order valence-electron chi connectivity index (χ4n) is 3.48. The average Bonchev–Trinajstić information content (AvgIpc) is 3.17. The Morgan fingerprint density at radius 3 is 2.70 bits per heavy atom. The lowest BCUT2D eigenvalue weighted by Gasteiger charge is -2.29. The maximum atomic E-state index is 12.5. The molecule has 0 N–H and O–H groups in total. The third-order valence-corrected chi connectivity index (χ3v) is 6.44. The minimum absolute atomic E-state index is 0.0203. The Hall–Kier alpha value is -1.63. The molecule has 1 atom stereocenters. The molecular formula is C16H23N3O3S. The molecular weight excluding hydrogens is 314 g/mol. The summed E-state index contributed by atoms with van der Waals surface area (Å²) in [5.41, 5.74) is 1.42. The number of pyridine rings is 1. The van der Waals surface area contributed by atoms with Crippen LogP contribution in [0.15, 0.2) is 18.5 Å². The summed E-state index contributed by atoms with van der Waals surface area (Å²) in [6.07, 6.45) is 6.07. The topological polar surface area (TPSA) is 70.6 Å². The summed E-state index contributed by atoms with van der Waals surface area (Å²) in [5, 5.41) is 0. The van der Waals surface area contributed by atoms with E-state index in [0.29, 0.717) is 18.5 Å². The number of anilines is 1. The monoisotopic (exact) mass is 337 g/mol. The Kier molecular flexibility index (Phi) is 4.57. The normalized spacial score (nSPS) is 23.2. The minimum atomic E-state index is -2.94. The van der Waals surface area contributed by atoms with Gasteiger partial charge in [-0.05, 0) is 32.3 Å². The van der Waals surface area contributed by atoms with E-state index in [1.165, 1.54) is 0 Å². The number of carbonyl (C=O) groups is 1. The van der Waals surface area contributed by atoms with Crippen LogP contribution in [0.1, 0.15) is 36.5 Å². The first-order valence-electron chi connectivity index (χ1n) is 8.21. The average molecular weight is 337 g/mol. The Balaban J connectivity index is 1.81. The minimum Gasteiger partial charge on any atom is -0.367 e. The van der Waals surface area contributed by atoms with Gasteiger partial charge in [0, 0.05) is 31.9 Å². The van der Waals surface area contributed by atoms with E-state index in [-0.39, 0.29) is 23.5 Å². The number of carbonyl (C=O) groups excluding carboxylic acids is 1. The molecule has 0 radical (unpaired) electrons. The summed E-state index contributed by atoms with van der Waals surface area (Å²) in [4.78, 5) is 20.6. The third kappa shape index (κ3) is 3.49. The molecule has 0 saturated carbocycles. The molecule has 1 aromatic heterocycles. The quantitative estimate of drug-likeness (QED) is 0.829. The zero-order valence-corrected chi connectivity index (χ0v) is 14.3. The van der Waals surface area contributed by atoms with Crippen LogP contribution in [0.5, 0.6) is 0 Å². The van der Waals surface area contributed by atoms with Gasteiger partial charge in [0.2, 0.25) is 0 Å². The van der Waals surface area contributed by atoms with Gasteiger partial charge in [-0.3, -0.25) is 9.78 Å². The summed E-state index contributed by atoms with van der Waals surface area (Å²) >= 11 is 0. The summed E-state index contributed by atoms with van der Waals surface area (Å²) in [5.74, 6) is 0.450. The summed E-state index contributed by atoms with van der Waals surface area (Å²) in [7, 11) is -2.94. The van der Waals surface area contributed by atoms with E-state index in [1.54, 1.807) is 12.4 Å². The molecule has 2 saturated heterocycles. The van der Waals surface area contributed by atoms with Gasteiger partial charge in [0.15, 0.2) is 9.84 Å². The molecule has 2 fully saturated rings. The fourth-order valence-corrected chi connectivity index (χ4v) is 5.21. The Labute approximate surface area is 137 Å². The number of aromatic nitrogens is 1. The van der Waals surface area contributed by atoms with Crippen LogP contribution >= 0.6 is 0 Å². The first-order valence-corrected chi connectivity index (χ1v) is 10.0. The van der Waals surface area contributed by atoms with Gasteiger partial charge in [0.1, 0.15) is 0 Å². The largest absolute Gasteiger partial charge is 0.367 e. The molecule has 1 unspecified atom stereocenters. The lowest BCUT2D eigenvalue weighted by atomic mass is 10.1. The molecule has 7 heteroatoms. The second-order valence-corrected chi connectivity index (χ2v) is 8.50. The number of nitrogens with zero attached hydrogens (tertiary/aromatic N) is 3. The van der Waals surface area contributed by atoms with Gasteiger partial charge in [0.05, 0.1) is 29.0 Å². The summed E-state index contributed by atoms with van der Waals surface area (Å²) in [6, 6.07) is 1.83. The molecule has 0 aliphatic carbocycles. The molecule has 3 heterocycles. The highest BCUT2D eigenvalue weighted by molar-refractivity contribution is 7.91. The van der Waals surface area contributed by atoms with Crippen molar-refractivity contribution in [3.8, 4) is 0 Å². The number of amides is 1. The van der Waals surface area contributed by atoms with Crippen molar-refractivity contribution in [2.75, 3.05) is 36.0 Å². The lowest BCUT2D eigenvalue weighted by Crippen LogP contribution is -2.36. The lowest BCUT2D eigenvalue weighted by molar-refractivity contribution is 0.0792. The van der Waals surface area contributed by atoms with E-state index in [1.807, 2.05) is 17.9 Å². The maximum absolute atomic E-state index is 12.5. The number of hydrogen-bond donors (Lipinski definition) is 0. The van der Waals surface area contributed by atoms with Crippen molar-refractivity contribution >= 4 is 21.4 Å². The molecule has 2 aliphatic heterocycles. The van der Waals surface area contributed by atoms with E-state index in [4.69, 9.17) is 0 Å². The Morgan fingerprint density at radius 1 is 1.35 bits per heavy atom. The van der Waals surface area contributed by atoms with Crippen molar-refractivity contribution in [1.82, 2.24) is 9.88 Å². The summed E-state index contributed by atoms with van der Waals surface area (Å²) in [6.45, 7) is 4.31. The zero-order chi connectivity index (χ0) is 16.4. The van der Waals surface area contributed by atoms with Crippen molar-refractivity contribution in [1.29, 1.82) is 0 Å². The molecule has 23 heavy (non-hydrogen) atoms. The van der Waals surface area contributed by atoms with Crippen LogP contribution in [0.25, 0.3) is 0 Å². The highest BCUT2D eigenvalue weighted by atomic mass is 32.2. The van der Waals surface area contributed by atoms with E-state index in [9.17, 15) is 13.2 Å². The van der Waals surface area contributed by atoms with E-state index >= 15 is 0 Å². The number of sulfone groups is 1. The predicted octanol–water partition coefficient (Wildman–Crippen LogP) is 1.33. The van der Waals surface area contributed by atoms with Crippen LogP contribution in [-0.4, -0.2) is 61.4 Å². The SMILES string of the molecule is CCN(c1cncc(C(=O)N2CCCC2)c1)C1CCS(=O)(=O)C1. The zero-order valence-electron chi connectivity index (χ0n) is 13.4. The van der Waals surface area contributed by atoms with Crippen LogP contribution < -0.4 is 4.90 Å². The molecule has 3 rings (SSSR count). The third-order valence-electron chi connectivity index (χ3n) is 4.69. The van der Waals surface area contributed by atoms with Crippen molar-refractivity contribution in [2.45, 2.75) is 32.2 Å². The second-order valence-electron chi connectivity index (χ2n) is 6.27. The summed E-state index contributed by atoms with van der Waals surface area (Å²) < 4.78 is 23.5. The maximum Gasteiger partial charge on any atom is 0.255 e. The fraction of sp³-hybridized carbons (Fsp3) is 0.625. The van der Waals surface area contributed by atoms with Crippen molar-refractivity contribution in [3.05, 3.63) is 24.0 Å². The van der Waals surface area contributed by atoms with Gasteiger partial charge in [0.25, 0.3) is 5.91 Å². The highest BCUT2D eigenvalue weighted by Crippen LogP contribution is 2.25. The smallest absolute Gasteiger partial charge is 0.255 e. The van der Waals surface area contributed by atoms with Gasteiger partial charge >= 0.3 is 0 Å². The first kappa shape index (κ1) is 16.2. The number of likely N-dealkylation sites (tertiary alicyclic amines) is 1. The van der Waals surface area contributed by atoms with Crippen LogP contribution in [0.4, 0.5) is 5.69 Å². The molecule has 126 valence electrons. The Morgan fingerprint density at radius 2 is 2.09 bits per heavy atom. The molecule has 0 bridgehead atoms. The van der Waals surface area contributed by atoms with Crippen LogP contribution in [0.3, 0.4) is 0 Å². The highest BCUT2D eigenvalue weighted by Gasteiger charge is 2.32. The van der Waals surface area contributed by atoms with Gasteiger partial charge in [-0.15, -0.1) is 0 Å². The molecule has 1 aromatic rings. The van der Waals surface area contributed by atoms with Crippen LogP contribution in [0.2, 0.25) is 0 Å². The molecule has 1 amide bonds. The van der Waals surface area contributed by atoms with Gasteiger partial charge in [-0.25, -0.2) is 8.42 Å². The van der Waals surface area contributed by atoms with Gasteiger partial charge < -0.3 is 9.80 Å². The van der Waals surface area contributed by atoms with E-state index in [0.717, 1.165) is 31.6 Å². The first-order chi connectivity index (χ1) is 11.0. The van der Waals surface area contributed by atoms with Crippen molar-refractivity contribution < 1.29 is 13.2 Å². The molecule has 0 spiro atoms. The molecule has 0 aromatic carbocycles. The van der Waals surface area contributed by atoms with E-state index in [2.05, 4.69) is 9.88 Å². The van der Waals surface area contributed by atoms with Crippen LogP contribution in [-0.2, 0) is 9.84 Å². The van der Waals surface area contributed by atoms with E-state index < -0.39 is 9.84 Å². The molecule has 2 aliphatic rings. The van der Waals surface area contributed by atoms with Crippen LogP contribution in [0, 0.1) is 0 Å². The standard InChI is InChI=1S/C16H23N3O3S/c1-2-19(14-5-8-23(21,22)12-14)15-9-13(10-17-11-15)16(20)18-6-3-4-7-18/h9-11,14H,2-8,12H2,1H3. The Bertz CT molecular complexity index is 684. The van der Waals surface area contributed by atoms with Crippen molar-refractivity contribution in [2.24, 2.45) is 0 Å².